The summed E-state index contributed by atoms with van der Waals surface area (Å²) in [4.78, 5) is 0. The predicted molar refractivity (Wildman–Crippen MR) is 249 cm³/mol. The molecule has 8 aliphatic carbocycles. The maximum atomic E-state index is 4.93. The molecule has 12 unspecified atom stereocenters. The van der Waals surface area contributed by atoms with E-state index in [2.05, 4.69) is 39.3 Å². The minimum absolute atomic E-state index is 0. The molecule has 0 aliphatic heterocycles. The summed E-state index contributed by atoms with van der Waals surface area (Å²) in [6.07, 6.45) is 38.1. The van der Waals surface area contributed by atoms with E-state index in [4.69, 9.17) is 34.1 Å². The molecular formula is C46H88Cl4Si2Zr2. The van der Waals surface area contributed by atoms with Crippen LogP contribution in [0.5, 0.6) is 0 Å². The van der Waals surface area contributed by atoms with E-state index in [1.807, 2.05) is 0 Å². The molecule has 0 aromatic rings. The first-order valence-electron chi connectivity index (χ1n) is 21.6. The average molecular weight is 1020 g/mol. The molecule has 8 fully saturated rings. The van der Waals surface area contributed by atoms with E-state index in [1.165, 1.54) is 45.8 Å². The third kappa shape index (κ3) is 14.1. The molecular weight excluding hydrogens is 933 g/mol. The fourth-order valence-electron chi connectivity index (χ4n) is 15.2. The van der Waals surface area contributed by atoms with Crippen molar-refractivity contribution < 1.29 is 41.7 Å². The monoisotopic (exact) mass is 1020 g/mol. The summed E-state index contributed by atoms with van der Waals surface area (Å²) in [5.41, 5.74) is 4.81. The van der Waals surface area contributed by atoms with Gasteiger partial charge in [0.1, 0.15) is 0 Å². The fourth-order valence-corrected chi connectivity index (χ4v) is 26.1. The Morgan fingerprint density at radius 3 is 0.685 bits per heavy atom. The van der Waals surface area contributed by atoms with Gasteiger partial charge in [0.2, 0.25) is 0 Å². The van der Waals surface area contributed by atoms with Gasteiger partial charge in [-0.25, -0.2) is 0 Å². The van der Waals surface area contributed by atoms with Crippen molar-refractivity contribution in [1.82, 2.24) is 0 Å². The molecule has 8 aliphatic rings. The number of fused-ring (bicyclic) bond motifs is 4. The van der Waals surface area contributed by atoms with Crippen LogP contribution in [0.1, 0.15) is 154 Å². The van der Waals surface area contributed by atoms with Crippen molar-refractivity contribution in [3.63, 3.8) is 0 Å². The summed E-state index contributed by atoms with van der Waals surface area (Å²) in [6.45, 7) is 17.3. The van der Waals surface area contributed by atoms with Crippen molar-refractivity contribution in [2.45, 2.75) is 202 Å². The van der Waals surface area contributed by atoms with Gasteiger partial charge in [-0.2, -0.15) is 0 Å². The molecule has 54 heavy (non-hydrogen) atoms. The van der Waals surface area contributed by atoms with Crippen molar-refractivity contribution in [2.24, 2.45) is 47.3 Å². The van der Waals surface area contributed by atoms with Gasteiger partial charge in [0.05, 0.1) is 16.1 Å². The second-order valence-electron chi connectivity index (χ2n) is 19.4. The van der Waals surface area contributed by atoms with Crippen LogP contribution in [0.4, 0.5) is 0 Å². The molecule has 8 saturated carbocycles. The Kier molecular flexibility index (Phi) is 30.3. The Balaban J connectivity index is 0.000000823. The second kappa shape index (κ2) is 28.7. The van der Waals surface area contributed by atoms with E-state index < -0.39 is 57.8 Å². The summed E-state index contributed by atoms with van der Waals surface area (Å²) >= 11 is -1.65. The summed E-state index contributed by atoms with van der Waals surface area (Å²) in [6, 6.07) is 0. The van der Waals surface area contributed by atoms with E-state index >= 15 is 0 Å². The molecule has 8 rings (SSSR count). The van der Waals surface area contributed by atoms with Gasteiger partial charge in [-0.15, -0.1) is 13.2 Å². The topological polar surface area (TPSA) is 0 Å². The first-order chi connectivity index (χ1) is 24.2. The van der Waals surface area contributed by atoms with Crippen LogP contribution in [0, 0.1) is 77.0 Å². The second-order valence-corrected chi connectivity index (χ2v) is 37.1. The Morgan fingerprint density at radius 2 is 0.500 bits per heavy atom. The van der Waals surface area contributed by atoms with Crippen LogP contribution in [-0.4, -0.2) is 16.1 Å². The van der Waals surface area contributed by atoms with Gasteiger partial charge in [-0.05, 0) is 69.5 Å². The molecule has 0 amide bonds. The number of halogens is 4. The third-order valence-electron chi connectivity index (χ3n) is 17.2. The van der Waals surface area contributed by atoms with Crippen molar-refractivity contribution >= 4 is 50.2 Å². The van der Waals surface area contributed by atoms with Crippen LogP contribution >= 0.6 is 34.1 Å². The van der Waals surface area contributed by atoms with Gasteiger partial charge in [0.25, 0.3) is 0 Å². The van der Waals surface area contributed by atoms with Gasteiger partial charge in [0.15, 0.2) is 0 Å². The van der Waals surface area contributed by atoms with Crippen molar-refractivity contribution in [3.05, 3.63) is 42.9 Å². The summed E-state index contributed by atoms with van der Waals surface area (Å²) in [5.74, 6) is 9.29. The predicted octanol–water partition coefficient (Wildman–Crippen LogP) is 18.6. The van der Waals surface area contributed by atoms with Crippen molar-refractivity contribution in [1.29, 1.82) is 0 Å². The molecule has 0 aromatic carbocycles. The number of hydrogen-bond acceptors (Lipinski definition) is 0. The molecule has 0 aromatic heterocycles. The van der Waals surface area contributed by atoms with Crippen LogP contribution in [0.15, 0.2) is 13.2 Å². The standard InChI is InChI=1S/2C20H36Si.C2H4.4CH3.4ClH.2Zr/c2*1-21(2,19-13-11-15-7-3-5-9-17(15)19)20-14-12-16-8-4-6-10-18(16)20;1-2;;;;;;;;;;/h2*15-20H,3-14H2,1-2H3;1-2H2;4*1H3;4*1H;;/q;;;4*-1;;;;;2*+4/p-4. The van der Waals surface area contributed by atoms with Crippen LogP contribution in [-0.2, 0) is 41.7 Å². The first kappa shape index (κ1) is 57.1. The molecule has 8 heteroatoms. The van der Waals surface area contributed by atoms with Crippen LogP contribution in [0.25, 0.3) is 0 Å². The van der Waals surface area contributed by atoms with Crippen molar-refractivity contribution in [2.75, 3.05) is 0 Å². The van der Waals surface area contributed by atoms with Gasteiger partial charge in [0, 0.05) is 0 Å². The maximum absolute atomic E-state index is 4.93. The number of rotatable bonds is 4. The van der Waals surface area contributed by atoms with E-state index in [1.54, 1.807) is 154 Å². The minimum atomic E-state index is -1.05. The molecule has 316 valence electrons. The zero-order valence-corrected chi connectivity index (χ0v) is 46.8. The first-order valence-corrected chi connectivity index (χ1v) is 40.6. The van der Waals surface area contributed by atoms with Gasteiger partial charge in [-0.3, -0.25) is 0 Å². The van der Waals surface area contributed by atoms with Gasteiger partial charge >= 0.3 is 75.7 Å². The molecule has 0 heterocycles. The Labute approximate surface area is 380 Å². The van der Waals surface area contributed by atoms with E-state index in [0.29, 0.717) is 0 Å². The average Bonchev–Trinajstić information content (AvgIpc) is 3.94. The zero-order valence-electron chi connectivity index (χ0n) is 36.8. The molecule has 0 nitrogen and oxygen atoms in total. The number of hydrogen-bond donors (Lipinski definition) is 0. The normalized spacial score (nSPS) is 37.1. The van der Waals surface area contributed by atoms with E-state index in [9.17, 15) is 0 Å². The Hall–Kier alpha value is 3.10. The Bertz CT molecular complexity index is 829. The SMILES string of the molecule is C=C.C[Si](C)(C1CCC2CCCCC21)C1CCC2CCCCC21.C[Si](C)(C1CCC2CCCCC21)C1CCC2CCCCC21.[CH3-].[CH3-].[CH3-].[CH3-].[Cl][Zr+2][Cl].[Cl][Zr+2][Cl]. The summed E-state index contributed by atoms with van der Waals surface area (Å²) < 4.78 is 0. The van der Waals surface area contributed by atoms with Crippen LogP contribution < -0.4 is 0 Å². The molecule has 0 spiro atoms. The molecule has 0 bridgehead atoms. The van der Waals surface area contributed by atoms with Gasteiger partial charge < -0.3 is 29.7 Å². The molecule has 0 N–H and O–H groups in total. The third-order valence-corrected chi connectivity index (χ3v) is 27.7. The summed E-state index contributed by atoms with van der Waals surface area (Å²) in [7, 11) is 17.6. The van der Waals surface area contributed by atoms with Crippen molar-refractivity contribution in [3.8, 4) is 0 Å². The zero-order chi connectivity index (χ0) is 36.3. The van der Waals surface area contributed by atoms with E-state index in [-0.39, 0.29) is 29.7 Å². The van der Waals surface area contributed by atoms with Crippen LogP contribution in [0.2, 0.25) is 48.4 Å². The fraction of sp³-hybridized carbons (Fsp3) is 0.870. The van der Waals surface area contributed by atoms with Gasteiger partial charge in [-0.1, -0.05) is 180 Å². The van der Waals surface area contributed by atoms with E-state index in [0.717, 1.165) is 23.7 Å². The summed E-state index contributed by atoms with van der Waals surface area (Å²) in [5, 5.41) is 0. The molecule has 0 radical (unpaired) electrons. The molecule has 0 saturated heterocycles. The van der Waals surface area contributed by atoms with Crippen LogP contribution in [0.3, 0.4) is 0 Å². The quantitative estimate of drug-likeness (QED) is 0.150. The Morgan fingerprint density at radius 1 is 0.333 bits per heavy atom. The molecule has 12 atom stereocenters.